The van der Waals surface area contributed by atoms with Gasteiger partial charge in [0, 0.05) is 37.3 Å². The molecule has 1 heterocycles. The fourth-order valence-electron chi connectivity index (χ4n) is 3.45. The Morgan fingerprint density at radius 1 is 0.941 bits per heavy atom. The van der Waals surface area contributed by atoms with Crippen LogP contribution in [0.4, 0.5) is 0 Å². The third-order valence-corrected chi connectivity index (χ3v) is 9.22. The first-order valence-electron chi connectivity index (χ1n) is 9.93. The minimum absolute atomic E-state index is 0.0359. The average Bonchev–Trinajstić information content (AvgIpc) is 2.82. The largest absolute Gasteiger partial charge is 0.493 e. The number of sulfonamides is 2. The Kier molecular flexibility index (Phi) is 7.88. The molecule has 3 rings (SSSR count). The lowest BCUT2D eigenvalue weighted by Gasteiger charge is -2.33. The van der Waals surface area contributed by atoms with Crippen LogP contribution in [0.5, 0.6) is 11.5 Å². The van der Waals surface area contributed by atoms with Crippen LogP contribution in [0.25, 0.3) is 6.08 Å². The maximum absolute atomic E-state index is 13.5. The van der Waals surface area contributed by atoms with Crippen LogP contribution >= 0.6 is 11.6 Å². The molecule has 2 aromatic carbocycles. The van der Waals surface area contributed by atoms with Crippen molar-refractivity contribution in [2.24, 2.45) is 0 Å². The standard InChI is InChI=1S/C21H23ClN2O8S2/c1-31-18-13-15(3-8-20(25)26)14-19(21(18)32-2)34(29,30)24-11-9-23(10-12-24)33(27,28)17-6-4-16(22)5-7-17/h3-8,13-14H,9-12H2,1-2H3,(H,25,26)/b8-3+. The van der Waals surface area contributed by atoms with Crippen LogP contribution in [-0.4, -0.2) is 76.9 Å². The molecule has 0 amide bonds. The van der Waals surface area contributed by atoms with E-state index >= 15 is 0 Å². The van der Waals surface area contributed by atoms with Gasteiger partial charge in [0.2, 0.25) is 20.0 Å². The summed E-state index contributed by atoms with van der Waals surface area (Å²) in [5.74, 6) is -1.12. The number of carboxylic acid groups (broad SMARTS) is 1. The van der Waals surface area contributed by atoms with Gasteiger partial charge in [-0.1, -0.05) is 11.6 Å². The molecule has 0 aliphatic carbocycles. The number of rotatable bonds is 8. The number of carbonyl (C=O) groups is 1. The quantitative estimate of drug-likeness (QED) is 0.514. The van der Waals surface area contributed by atoms with Crippen molar-refractivity contribution >= 4 is 43.7 Å². The molecule has 1 aliphatic rings. The Morgan fingerprint density at radius 3 is 2.00 bits per heavy atom. The first-order chi connectivity index (χ1) is 16.0. The molecule has 0 spiro atoms. The molecule has 2 aromatic rings. The topological polar surface area (TPSA) is 131 Å². The van der Waals surface area contributed by atoms with Crippen LogP contribution in [0.2, 0.25) is 5.02 Å². The third kappa shape index (κ3) is 5.36. The molecule has 1 N–H and O–H groups in total. The molecule has 184 valence electrons. The molecule has 34 heavy (non-hydrogen) atoms. The van der Waals surface area contributed by atoms with Crippen LogP contribution < -0.4 is 9.47 Å². The zero-order valence-corrected chi connectivity index (χ0v) is 20.7. The lowest BCUT2D eigenvalue weighted by Crippen LogP contribution is -2.50. The van der Waals surface area contributed by atoms with Gasteiger partial charge in [-0.3, -0.25) is 0 Å². The maximum Gasteiger partial charge on any atom is 0.328 e. The van der Waals surface area contributed by atoms with E-state index < -0.39 is 26.0 Å². The van der Waals surface area contributed by atoms with E-state index in [4.69, 9.17) is 26.2 Å². The van der Waals surface area contributed by atoms with Crippen molar-refractivity contribution in [2.75, 3.05) is 40.4 Å². The second-order valence-corrected chi connectivity index (χ2v) is 11.5. The highest BCUT2D eigenvalue weighted by Gasteiger charge is 2.36. The predicted molar refractivity (Wildman–Crippen MR) is 125 cm³/mol. The summed E-state index contributed by atoms with van der Waals surface area (Å²) in [5, 5.41) is 9.29. The number of nitrogens with zero attached hydrogens (tertiary/aromatic N) is 2. The van der Waals surface area contributed by atoms with Gasteiger partial charge in [-0.25, -0.2) is 21.6 Å². The van der Waals surface area contributed by atoms with Crippen LogP contribution in [0.1, 0.15) is 5.56 Å². The van der Waals surface area contributed by atoms with Crippen LogP contribution in [0.3, 0.4) is 0 Å². The lowest BCUT2D eigenvalue weighted by molar-refractivity contribution is -0.131. The van der Waals surface area contributed by atoms with Gasteiger partial charge < -0.3 is 14.6 Å². The molecule has 0 aromatic heterocycles. The number of aliphatic carboxylic acids is 1. The van der Waals surface area contributed by atoms with Gasteiger partial charge in [-0.15, -0.1) is 0 Å². The van der Waals surface area contributed by atoms with Crippen LogP contribution in [-0.2, 0) is 24.8 Å². The van der Waals surface area contributed by atoms with Gasteiger partial charge in [-0.2, -0.15) is 8.61 Å². The number of benzene rings is 2. The monoisotopic (exact) mass is 530 g/mol. The molecule has 0 bridgehead atoms. The summed E-state index contributed by atoms with van der Waals surface area (Å²) in [6.07, 6.45) is 2.11. The normalized spacial score (nSPS) is 16.0. The molecular weight excluding hydrogens is 508 g/mol. The highest BCUT2D eigenvalue weighted by Crippen LogP contribution is 2.38. The van der Waals surface area contributed by atoms with Crippen molar-refractivity contribution in [3.8, 4) is 11.5 Å². The highest BCUT2D eigenvalue weighted by molar-refractivity contribution is 7.89. The second-order valence-electron chi connectivity index (χ2n) is 7.19. The number of ether oxygens (including phenoxy) is 2. The minimum Gasteiger partial charge on any atom is -0.493 e. The molecule has 0 radical (unpaired) electrons. The van der Waals surface area contributed by atoms with Crippen LogP contribution in [0, 0.1) is 0 Å². The molecule has 10 nitrogen and oxygen atoms in total. The smallest absolute Gasteiger partial charge is 0.328 e. The Labute approximate surface area is 203 Å². The Hall–Kier alpha value is -2.64. The van der Waals surface area contributed by atoms with Crippen molar-refractivity contribution < 1.29 is 36.2 Å². The van der Waals surface area contributed by atoms with Gasteiger partial charge in [-0.05, 0) is 48.0 Å². The third-order valence-electron chi connectivity index (χ3n) is 5.15. The average molecular weight is 531 g/mol. The molecule has 0 atom stereocenters. The highest BCUT2D eigenvalue weighted by atomic mass is 35.5. The van der Waals surface area contributed by atoms with E-state index in [1.165, 1.54) is 61.0 Å². The van der Waals surface area contributed by atoms with Crippen molar-refractivity contribution in [2.45, 2.75) is 9.79 Å². The summed E-state index contributed by atoms with van der Waals surface area (Å²) in [4.78, 5) is 10.7. The van der Waals surface area contributed by atoms with E-state index in [-0.39, 0.29) is 53.0 Å². The molecule has 0 saturated carbocycles. The number of hydrogen-bond acceptors (Lipinski definition) is 7. The van der Waals surface area contributed by atoms with Crippen LogP contribution in [0.15, 0.2) is 52.3 Å². The summed E-state index contributed by atoms with van der Waals surface area (Å²) >= 11 is 5.83. The zero-order chi connectivity index (χ0) is 25.1. The zero-order valence-electron chi connectivity index (χ0n) is 18.3. The van der Waals surface area contributed by atoms with Gasteiger partial charge in [0.25, 0.3) is 0 Å². The summed E-state index contributed by atoms with van der Waals surface area (Å²) in [5.41, 5.74) is 0.280. The molecule has 1 saturated heterocycles. The van der Waals surface area contributed by atoms with Crippen molar-refractivity contribution in [3.63, 3.8) is 0 Å². The fourth-order valence-corrected chi connectivity index (χ4v) is 6.62. The summed E-state index contributed by atoms with van der Waals surface area (Å²) < 4.78 is 65.6. The Balaban J connectivity index is 1.89. The summed E-state index contributed by atoms with van der Waals surface area (Å²) in [6.45, 7) is -0.282. The van der Waals surface area contributed by atoms with E-state index in [1.807, 2.05) is 0 Å². The molecule has 1 fully saturated rings. The Bertz CT molecular complexity index is 1300. The van der Waals surface area contributed by atoms with Gasteiger partial charge in [0.05, 0.1) is 19.1 Å². The number of methoxy groups -OCH3 is 2. The number of halogens is 1. The lowest BCUT2D eigenvalue weighted by atomic mass is 10.2. The van der Waals surface area contributed by atoms with Crippen molar-refractivity contribution in [3.05, 3.63) is 53.1 Å². The van der Waals surface area contributed by atoms with Gasteiger partial charge in [0.1, 0.15) is 4.90 Å². The van der Waals surface area contributed by atoms with E-state index in [0.717, 1.165) is 10.4 Å². The van der Waals surface area contributed by atoms with E-state index in [2.05, 4.69) is 0 Å². The molecular formula is C21H23ClN2O8S2. The fraction of sp³-hybridized carbons (Fsp3) is 0.286. The van der Waals surface area contributed by atoms with Crippen molar-refractivity contribution in [1.29, 1.82) is 0 Å². The second kappa shape index (κ2) is 10.3. The summed E-state index contributed by atoms with van der Waals surface area (Å²) in [7, 11) is -5.32. The minimum atomic E-state index is -4.13. The summed E-state index contributed by atoms with van der Waals surface area (Å²) in [6, 6.07) is 8.48. The molecule has 0 unspecified atom stereocenters. The number of carboxylic acids is 1. The van der Waals surface area contributed by atoms with Gasteiger partial charge in [0.15, 0.2) is 11.5 Å². The van der Waals surface area contributed by atoms with Crippen molar-refractivity contribution in [1.82, 2.24) is 8.61 Å². The first-order valence-corrected chi connectivity index (χ1v) is 13.2. The Morgan fingerprint density at radius 2 is 1.50 bits per heavy atom. The van der Waals surface area contributed by atoms with E-state index in [0.29, 0.717) is 5.02 Å². The SMILES string of the molecule is COc1cc(/C=C/C(=O)O)cc(S(=O)(=O)N2CCN(S(=O)(=O)c3ccc(Cl)cc3)CC2)c1OC. The number of hydrogen-bond donors (Lipinski definition) is 1. The number of piperazine rings is 1. The molecule has 1 aliphatic heterocycles. The van der Waals surface area contributed by atoms with E-state index in [9.17, 15) is 21.6 Å². The van der Waals surface area contributed by atoms with E-state index in [1.54, 1.807) is 0 Å². The first kappa shape index (κ1) is 26.0. The van der Waals surface area contributed by atoms with Gasteiger partial charge >= 0.3 is 5.97 Å². The maximum atomic E-state index is 13.5. The predicted octanol–water partition coefficient (Wildman–Crippen LogP) is 2.15. The molecule has 13 heteroatoms.